The number of carbonyl (C=O) groups is 2. The number of aromatic nitrogens is 4. The second-order valence-corrected chi connectivity index (χ2v) is 7.58. The standard InChI is InChI=1S/C17H22N6O3S/c24-16(21-4-6-26-7-5-21)14-10-23(20-19-14)9-13-2-1-3-22(8-13)17(25)15-11-27-12-18-15/h10-13H,1-9H2/t13-/m1/s1. The Hall–Kier alpha value is -2.33. The van der Waals surface area contributed by atoms with E-state index >= 15 is 0 Å². The lowest BCUT2D eigenvalue weighted by molar-refractivity contribution is 0.0299. The number of hydrogen-bond acceptors (Lipinski definition) is 7. The molecule has 0 bridgehead atoms. The molecule has 1 atom stereocenters. The highest BCUT2D eigenvalue weighted by molar-refractivity contribution is 7.07. The van der Waals surface area contributed by atoms with Gasteiger partial charge in [0, 0.05) is 38.1 Å². The van der Waals surface area contributed by atoms with E-state index in [2.05, 4.69) is 15.3 Å². The molecular formula is C17H22N6O3S. The van der Waals surface area contributed by atoms with Crippen LogP contribution in [-0.4, -0.2) is 81.0 Å². The Morgan fingerprint density at radius 1 is 1.15 bits per heavy atom. The summed E-state index contributed by atoms with van der Waals surface area (Å²) in [4.78, 5) is 32.7. The smallest absolute Gasteiger partial charge is 0.276 e. The largest absolute Gasteiger partial charge is 0.378 e. The number of amides is 2. The van der Waals surface area contributed by atoms with Crippen LogP contribution in [-0.2, 0) is 11.3 Å². The van der Waals surface area contributed by atoms with Crippen molar-refractivity contribution in [3.63, 3.8) is 0 Å². The zero-order valence-corrected chi connectivity index (χ0v) is 15.8. The van der Waals surface area contributed by atoms with Crippen LogP contribution < -0.4 is 0 Å². The minimum Gasteiger partial charge on any atom is -0.378 e. The molecule has 4 heterocycles. The highest BCUT2D eigenvalue weighted by atomic mass is 32.1. The van der Waals surface area contributed by atoms with E-state index in [1.807, 2.05) is 4.90 Å². The Balaban J connectivity index is 1.35. The number of rotatable bonds is 4. The van der Waals surface area contributed by atoms with Crippen molar-refractivity contribution in [2.24, 2.45) is 5.92 Å². The predicted octanol–water partition coefficient (Wildman–Crippen LogP) is 0.759. The first kappa shape index (κ1) is 18.1. The Morgan fingerprint density at radius 2 is 1.96 bits per heavy atom. The number of piperidine rings is 1. The molecule has 27 heavy (non-hydrogen) atoms. The topological polar surface area (TPSA) is 93.5 Å². The number of likely N-dealkylation sites (tertiary alicyclic amines) is 1. The van der Waals surface area contributed by atoms with Crippen LogP contribution in [0.5, 0.6) is 0 Å². The minimum atomic E-state index is -0.103. The van der Waals surface area contributed by atoms with Gasteiger partial charge in [-0.2, -0.15) is 0 Å². The summed E-state index contributed by atoms with van der Waals surface area (Å²) >= 11 is 1.43. The van der Waals surface area contributed by atoms with Crippen molar-refractivity contribution in [1.29, 1.82) is 0 Å². The van der Waals surface area contributed by atoms with Gasteiger partial charge in [-0.05, 0) is 18.8 Å². The summed E-state index contributed by atoms with van der Waals surface area (Å²) in [7, 11) is 0. The molecule has 0 N–H and O–H groups in total. The number of hydrogen-bond donors (Lipinski definition) is 0. The predicted molar refractivity (Wildman–Crippen MR) is 97.5 cm³/mol. The van der Waals surface area contributed by atoms with Crippen LogP contribution in [0.1, 0.15) is 33.8 Å². The fraction of sp³-hybridized carbons (Fsp3) is 0.588. The third-order valence-corrected chi connectivity index (χ3v) is 5.55. The van der Waals surface area contributed by atoms with Gasteiger partial charge in [-0.15, -0.1) is 16.4 Å². The second-order valence-electron chi connectivity index (χ2n) is 6.86. The van der Waals surface area contributed by atoms with E-state index in [0.29, 0.717) is 50.8 Å². The van der Waals surface area contributed by atoms with Crippen LogP contribution in [0, 0.1) is 5.92 Å². The zero-order valence-electron chi connectivity index (χ0n) is 15.0. The number of nitrogens with zero attached hydrogens (tertiary/aromatic N) is 6. The van der Waals surface area contributed by atoms with Gasteiger partial charge in [0.2, 0.25) is 0 Å². The highest BCUT2D eigenvalue weighted by Gasteiger charge is 2.27. The summed E-state index contributed by atoms with van der Waals surface area (Å²) in [6, 6.07) is 0. The van der Waals surface area contributed by atoms with Gasteiger partial charge in [-0.25, -0.2) is 4.98 Å². The van der Waals surface area contributed by atoms with Crippen molar-refractivity contribution in [3.8, 4) is 0 Å². The molecule has 0 aromatic carbocycles. The Kier molecular flexibility index (Phi) is 5.44. The van der Waals surface area contributed by atoms with Gasteiger partial charge in [-0.1, -0.05) is 5.21 Å². The summed E-state index contributed by atoms with van der Waals surface area (Å²) in [5.74, 6) is 0.172. The Labute approximate surface area is 160 Å². The van der Waals surface area contributed by atoms with Gasteiger partial charge >= 0.3 is 0 Å². The number of morpholine rings is 1. The first-order chi connectivity index (χ1) is 13.2. The maximum Gasteiger partial charge on any atom is 0.276 e. The van der Waals surface area contributed by atoms with E-state index in [-0.39, 0.29) is 17.7 Å². The number of carbonyl (C=O) groups excluding carboxylic acids is 2. The lowest BCUT2D eigenvalue weighted by Crippen LogP contribution is -2.41. The molecule has 2 fully saturated rings. The lowest BCUT2D eigenvalue weighted by atomic mass is 9.98. The molecule has 0 aliphatic carbocycles. The van der Waals surface area contributed by atoms with Crippen molar-refractivity contribution in [2.45, 2.75) is 19.4 Å². The summed E-state index contributed by atoms with van der Waals surface area (Å²) in [5.41, 5.74) is 2.56. The van der Waals surface area contributed by atoms with Crippen LogP contribution in [0.3, 0.4) is 0 Å². The molecule has 9 nitrogen and oxygen atoms in total. The van der Waals surface area contributed by atoms with Gasteiger partial charge < -0.3 is 14.5 Å². The summed E-state index contributed by atoms with van der Waals surface area (Å²) in [6.07, 6.45) is 3.68. The van der Waals surface area contributed by atoms with Crippen LogP contribution in [0.15, 0.2) is 17.1 Å². The Morgan fingerprint density at radius 3 is 2.74 bits per heavy atom. The average molecular weight is 390 g/mol. The van der Waals surface area contributed by atoms with E-state index in [1.54, 1.807) is 26.7 Å². The first-order valence-corrected chi connectivity index (χ1v) is 10.1. The molecule has 2 aliphatic heterocycles. The molecule has 0 radical (unpaired) electrons. The Bertz CT molecular complexity index is 786. The van der Waals surface area contributed by atoms with Crippen molar-refractivity contribution < 1.29 is 14.3 Å². The highest BCUT2D eigenvalue weighted by Crippen LogP contribution is 2.20. The maximum absolute atomic E-state index is 12.5. The van der Waals surface area contributed by atoms with Gasteiger partial charge in [0.1, 0.15) is 5.69 Å². The van der Waals surface area contributed by atoms with E-state index in [0.717, 1.165) is 19.4 Å². The molecule has 0 saturated carbocycles. The average Bonchev–Trinajstić information content (AvgIpc) is 3.40. The van der Waals surface area contributed by atoms with Crippen LogP contribution in [0.2, 0.25) is 0 Å². The SMILES string of the molecule is O=C(c1cscn1)N1CCC[C@@H](Cn2cc(C(=O)N3CCOCC3)nn2)C1. The van der Waals surface area contributed by atoms with E-state index < -0.39 is 0 Å². The van der Waals surface area contributed by atoms with Crippen molar-refractivity contribution in [1.82, 2.24) is 29.8 Å². The molecule has 2 saturated heterocycles. The molecule has 2 aliphatic rings. The molecule has 144 valence electrons. The van der Waals surface area contributed by atoms with Crippen LogP contribution in [0.4, 0.5) is 0 Å². The van der Waals surface area contributed by atoms with E-state index in [4.69, 9.17) is 4.74 Å². The molecule has 4 rings (SSSR count). The molecule has 0 spiro atoms. The second kappa shape index (κ2) is 8.13. The molecule has 10 heteroatoms. The zero-order chi connectivity index (χ0) is 18.6. The van der Waals surface area contributed by atoms with Gasteiger partial charge in [0.25, 0.3) is 11.8 Å². The monoisotopic (exact) mass is 390 g/mol. The molecule has 2 aromatic rings. The number of thiazole rings is 1. The normalized spacial score (nSPS) is 20.7. The maximum atomic E-state index is 12.5. The quantitative estimate of drug-likeness (QED) is 0.765. The van der Waals surface area contributed by atoms with Crippen LogP contribution >= 0.6 is 11.3 Å². The van der Waals surface area contributed by atoms with E-state index in [1.165, 1.54) is 11.3 Å². The molecule has 0 unspecified atom stereocenters. The first-order valence-electron chi connectivity index (χ1n) is 9.15. The molecule has 2 aromatic heterocycles. The van der Waals surface area contributed by atoms with Gasteiger partial charge in [0.05, 0.1) is 24.9 Å². The minimum absolute atomic E-state index is 0.0114. The van der Waals surface area contributed by atoms with Gasteiger partial charge in [-0.3, -0.25) is 14.3 Å². The van der Waals surface area contributed by atoms with Crippen LogP contribution in [0.25, 0.3) is 0 Å². The third-order valence-electron chi connectivity index (χ3n) is 4.96. The summed E-state index contributed by atoms with van der Waals surface area (Å²) in [6.45, 7) is 4.36. The lowest BCUT2D eigenvalue weighted by Gasteiger charge is -2.32. The van der Waals surface area contributed by atoms with E-state index in [9.17, 15) is 9.59 Å². The van der Waals surface area contributed by atoms with Gasteiger partial charge in [0.15, 0.2) is 5.69 Å². The number of ether oxygens (including phenoxy) is 1. The molecule has 2 amide bonds. The van der Waals surface area contributed by atoms with Crippen molar-refractivity contribution in [3.05, 3.63) is 28.5 Å². The third kappa shape index (κ3) is 4.16. The fourth-order valence-electron chi connectivity index (χ4n) is 3.56. The van der Waals surface area contributed by atoms with Crippen molar-refractivity contribution >= 4 is 23.2 Å². The van der Waals surface area contributed by atoms with Crippen molar-refractivity contribution in [2.75, 3.05) is 39.4 Å². The fourth-order valence-corrected chi connectivity index (χ4v) is 4.08. The summed E-state index contributed by atoms with van der Waals surface area (Å²) < 4.78 is 6.99. The summed E-state index contributed by atoms with van der Waals surface area (Å²) in [5, 5.41) is 9.95. The molecular weight excluding hydrogens is 368 g/mol.